The standard InChI is InChI=1S/C29H34N2O6/c1-36-23-11-4-2-7-18(23)13-15-31(29(35)19-8-6-9-19)22-17-21(28(34)30-14-16-32)25-20-10-3-5-12-24(20)37-27(25)26(22)33/h2-5,7,10-12,17,19,22,25-27,32-33H,6,8-9,13-16H2,1H3,(H,30,34). The number of nitrogens with one attached hydrogen (secondary N) is 1. The van der Waals surface area contributed by atoms with E-state index in [1.807, 2.05) is 48.5 Å². The van der Waals surface area contributed by atoms with Gasteiger partial charge in [0.15, 0.2) is 0 Å². The van der Waals surface area contributed by atoms with E-state index in [1.54, 1.807) is 18.1 Å². The van der Waals surface area contributed by atoms with Crippen LogP contribution in [0.25, 0.3) is 0 Å². The number of para-hydroxylation sites is 2. The molecule has 1 aliphatic heterocycles. The van der Waals surface area contributed by atoms with Crippen molar-refractivity contribution < 1.29 is 29.3 Å². The van der Waals surface area contributed by atoms with Crippen molar-refractivity contribution in [2.45, 2.75) is 49.9 Å². The number of fused-ring (bicyclic) bond motifs is 3. The third-order valence-electron chi connectivity index (χ3n) is 7.79. The number of nitrogens with zero attached hydrogens (tertiary/aromatic N) is 1. The summed E-state index contributed by atoms with van der Waals surface area (Å²) < 4.78 is 11.7. The second-order valence-electron chi connectivity index (χ2n) is 9.90. The zero-order valence-corrected chi connectivity index (χ0v) is 21.0. The molecule has 2 aliphatic carbocycles. The minimum Gasteiger partial charge on any atom is -0.496 e. The first-order valence-electron chi connectivity index (χ1n) is 13.0. The number of carbonyl (C=O) groups excluding carboxylic acids is 2. The van der Waals surface area contributed by atoms with Crippen molar-refractivity contribution in [2.24, 2.45) is 5.92 Å². The van der Waals surface area contributed by atoms with Crippen molar-refractivity contribution in [3.63, 3.8) is 0 Å². The fourth-order valence-electron chi connectivity index (χ4n) is 5.64. The number of carbonyl (C=O) groups is 2. The summed E-state index contributed by atoms with van der Waals surface area (Å²) in [6.45, 7) is 0.295. The van der Waals surface area contributed by atoms with Gasteiger partial charge < -0.3 is 29.9 Å². The molecule has 2 aromatic rings. The van der Waals surface area contributed by atoms with Gasteiger partial charge in [-0.15, -0.1) is 0 Å². The van der Waals surface area contributed by atoms with Gasteiger partial charge in [-0.3, -0.25) is 9.59 Å². The normalized spacial score (nSPS) is 24.1. The Morgan fingerprint density at radius 3 is 2.62 bits per heavy atom. The van der Waals surface area contributed by atoms with Crippen LogP contribution < -0.4 is 14.8 Å². The van der Waals surface area contributed by atoms with Crippen molar-refractivity contribution in [1.29, 1.82) is 0 Å². The Hall–Kier alpha value is -3.36. The van der Waals surface area contributed by atoms with Gasteiger partial charge in [-0.2, -0.15) is 0 Å². The van der Waals surface area contributed by atoms with E-state index in [0.29, 0.717) is 24.3 Å². The molecule has 2 aromatic carbocycles. The summed E-state index contributed by atoms with van der Waals surface area (Å²) in [5.74, 6) is 0.494. The van der Waals surface area contributed by atoms with Crippen LogP contribution in [-0.4, -0.2) is 72.0 Å². The third-order valence-corrected chi connectivity index (χ3v) is 7.79. The minimum absolute atomic E-state index is 0.00877. The van der Waals surface area contributed by atoms with Crippen LogP contribution in [0, 0.1) is 5.92 Å². The first kappa shape index (κ1) is 25.3. The highest BCUT2D eigenvalue weighted by molar-refractivity contribution is 5.96. The number of benzene rings is 2. The molecule has 3 N–H and O–H groups in total. The number of methoxy groups -OCH3 is 1. The fourth-order valence-corrected chi connectivity index (χ4v) is 5.64. The predicted molar refractivity (Wildman–Crippen MR) is 137 cm³/mol. The van der Waals surface area contributed by atoms with Crippen molar-refractivity contribution >= 4 is 11.8 Å². The molecule has 0 bridgehead atoms. The van der Waals surface area contributed by atoms with Crippen molar-refractivity contribution in [1.82, 2.24) is 10.2 Å². The molecule has 5 rings (SSSR count). The minimum atomic E-state index is -1.02. The number of aliphatic hydroxyl groups excluding tert-OH is 2. The van der Waals surface area contributed by atoms with Gasteiger partial charge in [0.05, 0.1) is 25.7 Å². The SMILES string of the molecule is COc1ccccc1CCN(C(=O)C1CCC1)C1C=C(C(=O)NCCO)C2c3ccccc3OC2C1O. The van der Waals surface area contributed by atoms with Gasteiger partial charge >= 0.3 is 0 Å². The number of ether oxygens (including phenoxy) is 2. The molecule has 0 aromatic heterocycles. The number of hydrogen-bond acceptors (Lipinski definition) is 6. The monoisotopic (exact) mass is 506 g/mol. The van der Waals surface area contributed by atoms with Gasteiger partial charge in [0.1, 0.15) is 23.7 Å². The zero-order chi connectivity index (χ0) is 25.9. The lowest BCUT2D eigenvalue weighted by Crippen LogP contribution is -2.57. The van der Waals surface area contributed by atoms with Crippen molar-refractivity contribution in [3.8, 4) is 11.5 Å². The van der Waals surface area contributed by atoms with E-state index < -0.39 is 24.2 Å². The summed E-state index contributed by atoms with van der Waals surface area (Å²) in [6, 6.07) is 14.4. The van der Waals surface area contributed by atoms with Crippen molar-refractivity contribution in [3.05, 3.63) is 71.3 Å². The smallest absolute Gasteiger partial charge is 0.247 e. The van der Waals surface area contributed by atoms with Crippen molar-refractivity contribution in [2.75, 3.05) is 26.8 Å². The molecule has 3 aliphatic rings. The topological polar surface area (TPSA) is 108 Å². The molecular formula is C29H34N2O6. The Labute approximate surface area is 216 Å². The molecule has 2 amide bonds. The molecule has 1 saturated carbocycles. The summed E-state index contributed by atoms with van der Waals surface area (Å²) in [5, 5.41) is 23.6. The van der Waals surface area contributed by atoms with Crippen LogP contribution in [-0.2, 0) is 16.0 Å². The van der Waals surface area contributed by atoms with Gasteiger partial charge in [0.2, 0.25) is 11.8 Å². The summed E-state index contributed by atoms with van der Waals surface area (Å²) in [7, 11) is 1.62. The molecule has 1 fully saturated rings. The quantitative estimate of drug-likeness (QED) is 0.481. The molecular weight excluding hydrogens is 472 g/mol. The lowest BCUT2D eigenvalue weighted by Gasteiger charge is -2.43. The van der Waals surface area contributed by atoms with E-state index in [2.05, 4.69) is 5.32 Å². The predicted octanol–water partition coefficient (Wildman–Crippen LogP) is 2.19. The number of rotatable bonds is 9. The van der Waals surface area contributed by atoms with Crippen LogP contribution in [0.5, 0.6) is 11.5 Å². The van der Waals surface area contributed by atoms with Crippen LogP contribution >= 0.6 is 0 Å². The molecule has 1 heterocycles. The fraction of sp³-hybridized carbons (Fsp3) is 0.448. The van der Waals surface area contributed by atoms with Gasteiger partial charge in [0.25, 0.3) is 0 Å². The summed E-state index contributed by atoms with van der Waals surface area (Å²) in [5.41, 5.74) is 2.25. The molecule has 37 heavy (non-hydrogen) atoms. The Balaban J connectivity index is 1.50. The molecule has 4 unspecified atom stereocenters. The third kappa shape index (κ3) is 4.83. The molecule has 4 atom stereocenters. The van der Waals surface area contributed by atoms with E-state index in [0.717, 1.165) is 36.1 Å². The maximum absolute atomic E-state index is 13.7. The van der Waals surface area contributed by atoms with E-state index in [9.17, 15) is 19.8 Å². The number of amides is 2. The van der Waals surface area contributed by atoms with Gasteiger partial charge in [-0.1, -0.05) is 42.8 Å². The van der Waals surface area contributed by atoms with Gasteiger partial charge in [-0.05, 0) is 43.0 Å². The van der Waals surface area contributed by atoms with Gasteiger partial charge in [-0.25, -0.2) is 0 Å². The van der Waals surface area contributed by atoms with Crippen LogP contribution in [0.4, 0.5) is 0 Å². The highest BCUT2D eigenvalue weighted by atomic mass is 16.5. The maximum atomic E-state index is 13.7. The van der Waals surface area contributed by atoms with E-state index in [1.165, 1.54) is 0 Å². The second-order valence-corrected chi connectivity index (χ2v) is 9.90. The lowest BCUT2D eigenvalue weighted by molar-refractivity contribution is -0.144. The molecule has 196 valence electrons. The summed E-state index contributed by atoms with van der Waals surface area (Å²) in [6.07, 6.45) is 3.23. The molecule has 8 heteroatoms. The highest BCUT2D eigenvalue weighted by Crippen LogP contribution is 2.47. The molecule has 0 spiro atoms. The Kier molecular flexibility index (Phi) is 7.48. The molecule has 0 radical (unpaired) electrons. The zero-order valence-electron chi connectivity index (χ0n) is 21.0. The van der Waals surface area contributed by atoms with E-state index in [-0.39, 0.29) is 30.9 Å². The van der Waals surface area contributed by atoms with E-state index >= 15 is 0 Å². The first-order valence-corrected chi connectivity index (χ1v) is 13.0. The molecule has 8 nitrogen and oxygen atoms in total. The highest BCUT2D eigenvalue weighted by Gasteiger charge is 2.51. The average Bonchev–Trinajstić information content (AvgIpc) is 3.28. The van der Waals surface area contributed by atoms with Crippen LogP contribution in [0.2, 0.25) is 0 Å². The van der Waals surface area contributed by atoms with Crippen LogP contribution in [0.1, 0.15) is 36.3 Å². The maximum Gasteiger partial charge on any atom is 0.247 e. The second kappa shape index (κ2) is 10.9. The number of hydrogen-bond donors (Lipinski definition) is 3. The Morgan fingerprint density at radius 1 is 1.14 bits per heavy atom. The number of aliphatic hydroxyl groups is 2. The Morgan fingerprint density at radius 2 is 1.89 bits per heavy atom. The first-order chi connectivity index (χ1) is 18.0. The van der Waals surface area contributed by atoms with Gasteiger partial charge in [0, 0.05) is 30.1 Å². The summed E-state index contributed by atoms with van der Waals surface area (Å²) in [4.78, 5) is 28.7. The largest absolute Gasteiger partial charge is 0.496 e. The lowest BCUT2D eigenvalue weighted by atomic mass is 9.76. The Bertz CT molecular complexity index is 1180. The average molecular weight is 507 g/mol. The molecule has 0 saturated heterocycles. The summed E-state index contributed by atoms with van der Waals surface area (Å²) >= 11 is 0. The van der Waals surface area contributed by atoms with E-state index in [4.69, 9.17) is 9.47 Å². The van der Waals surface area contributed by atoms with Crippen LogP contribution in [0.15, 0.2) is 60.2 Å². The van der Waals surface area contributed by atoms with Crippen LogP contribution in [0.3, 0.4) is 0 Å².